The third-order valence-electron chi connectivity index (χ3n) is 6.14. The summed E-state index contributed by atoms with van der Waals surface area (Å²) in [6.07, 6.45) is -0.0965. The van der Waals surface area contributed by atoms with Gasteiger partial charge in [0.15, 0.2) is 0 Å². The summed E-state index contributed by atoms with van der Waals surface area (Å²) < 4.78 is 46.6. The Morgan fingerprint density at radius 1 is 1.15 bits per heavy atom. The zero-order valence-electron chi connectivity index (χ0n) is 21.4. The number of rotatable bonds is 9. The predicted octanol–water partition coefficient (Wildman–Crippen LogP) is 4.19. The zero-order chi connectivity index (χ0) is 28.0. The van der Waals surface area contributed by atoms with Crippen LogP contribution >= 0.6 is 0 Å². The summed E-state index contributed by atoms with van der Waals surface area (Å²) >= 11 is 0. The van der Waals surface area contributed by atoms with Crippen molar-refractivity contribution >= 4 is 29.3 Å². The number of ether oxygens (including phenoxy) is 1. The smallest absolute Gasteiger partial charge is 0.416 e. The lowest BCUT2D eigenvalue weighted by Gasteiger charge is -2.23. The topological polar surface area (TPSA) is 121 Å². The van der Waals surface area contributed by atoms with Crippen LogP contribution in [-0.4, -0.2) is 57.9 Å². The lowest BCUT2D eigenvalue weighted by Crippen LogP contribution is -2.37. The van der Waals surface area contributed by atoms with Crippen LogP contribution in [0.15, 0.2) is 48.8 Å². The van der Waals surface area contributed by atoms with Crippen LogP contribution in [0.1, 0.15) is 41.4 Å². The number of benzene rings is 1. The fourth-order valence-corrected chi connectivity index (χ4v) is 4.25. The third kappa shape index (κ3) is 7.12. The summed E-state index contributed by atoms with van der Waals surface area (Å²) in [5.41, 5.74) is -0.303. The first-order chi connectivity index (χ1) is 18.6. The van der Waals surface area contributed by atoms with E-state index in [1.165, 1.54) is 25.3 Å². The average Bonchev–Trinajstić information content (AvgIpc) is 3.39. The Bertz CT molecular complexity index is 1340. The number of carbonyl (C=O) groups is 2. The largest absolute Gasteiger partial charge is 0.491 e. The molecule has 13 heteroatoms. The number of hydrogen-bond acceptors (Lipinski definition) is 8. The molecule has 1 aliphatic heterocycles. The molecule has 1 aromatic carbocycles. The molecule has 3 aromatic rings. The minimum absolute atomic E-state index is 0.0449. The molecule has 1 fully saturated rings. The molecular weight excluding hydrogens is 515 g/mol. The van der Waals surface area contributed by atoms with Gasteiger partial charge in [-0.25, -0.2) is 15.0 Å². The monoisotopic (exact) mass is 543 g/mol. The summed E-state index contributed by atoms with van der Waals surface area (Å²) in [5, 5.41) is 8.39. The van der Waals surface area contributed by atoms with Crippen LogP contribution in [0.5, 0.6) is 5.75 Å². The van der Waals surface area contributed by atoms with Crippen molar-refractivity contribution in [2.45, 2.75) is 38.5 Å². The van der Waals surface area contributed by atoms with Gasteiger partial charge in [0.25, 0.3) is 5.91 Å². The van der Waals surface area contributed by atoms with Crippen LogP contribution in [-0.2, 0) is 17.5 Å². The number of nitrogens with one attached hydrogen (secondary N) is 3. The highest BCUT2D eigenvalue weighted by atomic mass is 19.4. The fourth-order valence-electron chi connectivity index (χ4n) is 4.25. The molecule has 4 rings (SSSR count). The maximum absolute atomic E-state index is 13.6. The van der Waals surface area contributed by atoms with Crippen molar-refractivity contribution < 1.29 is 27.5 Å². The standard InChI is InChI=1S/C26H28F3N7O3/c1-16(37)36-10-4-5-20(36)15-39-21-12-17(26(27,28)29)11-19(13-21)34-24(38)22-6-3-8-31-23(22)33-14-18-7-9-32-25(30-2)35-18/h3,6-9,11-13,20H,4-5,10,14-15H2,1-2H3,(H,31,33)(H,34,38)(H,30,32,35)/t20-/m1/s1. The van der Waals surface area contributed by atoms with E-state index in [2.05, 4.69) is 30.9 Å². The van der Waals surface area contributed by atoms with Gasteiger partial charge in [-0.15, -0.1) is 0 Å². The summed E-state index contributed by atoms with van der Waals surface area (Å²) in [4.78, 5) is 39.1. The molecule has 3 N–H and O–H groups in total. The van der Waals surface area contributed by atoms with Crippen molar-refractivity contribution in [2.75, 3.05) is 36.1 Å². The molecule has 0 spiro atoms. The molecule has 0 unspecified atom stereocenters. The summed E-state index contributed by atoms with van der Waals surface area (Å²) in [7, 11) is 1.69. The van der Waals surface area contributed by atoms with Crippen LogP contribution in [0.4, 0.5) is 30.6 Å². The van der Waals surface area contributed by atoms with Gasteiger partial charge in [-0.3, -0.25) is 9.59 Å². The Morgan fingerprint density at radius 3 is 2.72 bits per heavy atom. The van der Waals surface area contributed by atoms with Gasteiger partial charge in [0, 0.05) is 44.7 Å². The van der Waals surface area contributed by atoms with Gasteiger partial charge in [0.1, 0.15) is 18.2 Å². The Labute approximate surface area is 223 Å². The van der Waals surface area contributed by atoms with E-state index < -0.39 is 17.6 Å². The van der Waals surface area contributed by atoms with Crippen LogP contribution in [0.2, 0.25) is 0 Å². The Balaban J connectivity index is 1.50. The van der Waals surface area contributed by atoms with Crippen LogP contribution in [0, 0.1) is 0 Å². The maximum Gasteiger partial charge on any atom is 0.416 e. The van der Waals surface area contributed by atoms with Crippen molar-refractivity contribution in [1.29, 1.82) is 0 Å². The molecule has 0 radical (unpaired) electrons. The van der Waals surface area contributed by atoms with Crippen LogP contribution in [0.25, 0.3) is 0 Å². The minimum Gasteiger partial charge on any atom is -0.491 e. The molecule has 1 atom stereocenters. The molecule has 1 saturated heterocycles. The maximum atomic E-state index is 13.6. The molecule has 206 valence electrons. The number of anilines is 3. The van der Waals surface area contributed by atoms with Gasteiger partial charge in [-0.1, -0.05) is 0 Å². The number of halogens is 3. The van der Waals surface area contributed by atoms with Crippen molar-refractivity contribution in [3.05, 3.63) is 65.6 Å². The molecular formula is C26H28F3N7O3. The van der Waals surface area contributed by atoms with Gasteiger partial charge in [0.2, 0.25) is 11.9 Å². The zero-order valence-corrected chi connectivity index (χ0v) is 21.4. The van der Waals surface area contributed by atoms with E-state index in [4.69, 9.17) is 4.74 Å². The van der Waals surface area contributed by atoms with Gasteiger partial charge in [-0.05, 0) is 43.2 Å². The molecule has 0 saturated carbocycles. The second-order valence-electron chi connectivity index (χ2n) is 8.89. The van der Waals surface area contributed by atoms with E-state index >= 15 is 0 Å². The Morgan fingerprint density at radius 2 is 1.97 bits per heavy atom. The van der Waals surface area contributed by atoms with E-state index in [1.54, 1.807) is 30.3 Å². The van der Waals surface area contributed by atoms with Crippen LogP contribution in [0.3, 0.4) is 0 Å². The second kappa shape index (κ2) is 12.0. The van der Waals surface area contributed by atoms with E-state index in [1.807, 2.05) is 0 Å². The van der Waals surface area contributed by atoms with Gasteiger partial charge in [-0.2, -0.15) is 13.2 Å². The van der Waals surface area contributed by atoms with Crippen molar-refractivity contribution in [1.82, 2.24) is 19.9 Å². The number of nitrogens with zero attached hydrogens (tertiary/aromatic N) is 4. The normalized spacial score (nSPS) is 15.1. The quantitative estimate of drug-likeness (QED) is 0.368. The molecule has 39 heavy (non-hydrogen) atoms. The third-order valence-corrected chi connectivity index (χ3v) is 6.14. The molecule has 2 amide bonds. The SMILES string of the molecule is CNc1nccc(CNc2ncccc2C(=O)Nc2cc(OC[C@H]3CCCN3C(C)=O)cc(C(F)(F)F)c2)n1. The van der Waals surface area contributed by atoms with Gasteiger partial charge >= 0.3 is 6.18 Å². The fraction of sp³-hybridized carbons (Fsp3) is 0.346. The lowest BCUT2D eigenvalue weighted by atomic mass is 10.1. The average molecular weight is 544 g/mol. The molecule has 1 aliphatic rings. The summed E-state index contributed by atoms with van der Waals surface area (Å²) in [6.45, 7) is 2.31. The summed E-state index contributed by atoms with van der Waals surface area (Å²) in [6, 6.07) is 7.56. The number of likely N-dealkylation sites (tertiary alicyclic amines) is 1. The summed E-state index contributed by atoms with van der Waals surface area (Å²) in [5.74, 6) is -0.176. The van der Waals surface area contributed by atoms with Gasteiger partial charge < -0.3 is 25.6 Å². The highest BCUT2D eigenvalue weighted by Gasteiger charge is 2.32. The lowest BCUT2D eigenvalue weighted by molar-refractivity contribution is -0.137. The Kier molecular flexibility index (Phi) is 8.47. The van der Waals surface area contributed by atoms with E-state index in [-0.39, 0.29) is 47.9 Å². The highest BCUT2D eigenvalue weighted by Crippen LogP contribution is 2.35. The highest BCUT2D eigenvalue weighted by molar-refractivity contribution is 6.07. The first kappa shape index (κ1) is 27.6. The molecule has 3 heterocycles. The van der Waals surface area contributed by atoms with E-state index in [0.29, 0.717) is 24.6 Å². The predicted molar refractivity (Wildman–Crippen MR) is 138 cm³/mol. The number of hydrogen-bond donors (Lipinski definition) is 3. The van der Waals surface area contributed by atoms with Crippen molar-refractivity contribution in [2.24, 2.45) is 0 Å². The number of aromatic nitrogens is 3. The number of amides is 2. The number of carbonyl (C=O) groups excluding carboxylic acids is 2. The molecule has 0 aliphatic carbocycles. The molecule has 10 nitrogen and oxygen atoms in total. The van der Waals surface area contributed by atoms with Gasteiger partial charge in [0.05, 0.1) is 29.4 Å². The first-order valence-electron chi connectivity index (χ1n) is 12.3. The second-order valence-corrected chi connectivity index (χ2v) is 8.89. The van der Waals surface area contributed by atoms with Crippen LogP contribution < -0.4 is 20.7 Å². The number of alkyl halides is 3. The number of pyridine rings is 1. The molecule has 0 bridgehead atoms. The Hall–Kier alpha value is -4.42. The van der Waals surface area contributed by atoms with E-state index in [9.17, 15) is 22.8 Å². The van der Waals surface area contributed by atoms with Crippen molar-refractivity contribution in [3.8, 4) is 5.75 Å². The van der Waals surface area contributed by atoms with E-state index in [0.717, 1.165) is 18.6 Å². The minimum atomic E-state index is -4.66. The first-order valence-corrected chi connectivity index (χ1v) is 12.3. The van der Waals surface area contributed by atoms with Crippen molar-refractivity contribution in [3.63, 3.8) is 0 Å². The molecule has 2 aromatic heterocycles.